The van der Waals surface area contributed by atoms with Crippen LogP contribution < -0.4 is 0 Å². The molecule has 2 aliphatic rings. The van der Waals surface area contributed by atoms with Crippen LogP contribution in [0.15, 0.2) is 48.7 Å². The zero-order valence-electron chi connectivity index (χ0n) is 14.8. The highest BCUT2D eigenvalue weighted by Gasteiger charge is 2.50. The summed E-state index contributed by atoms with van der Waals surface area (Å²) in [5, 5.41) is 18.0. The Morgan fingerprint density at radius 3 is 2.77 bits per heavy atom. The monoisotopic (exact) mass is 352 g/mol. The minimum Gasteiger partial charge on any atom is -0.396 e. The number of carbonyl (C=O) groups is 1. The van der Waals surface area contributed by atoms with Gasteiger partial charge in [0, 0.05) is 44.3 Å². The van der Waals surface area contributed by atoms with Crippen LogP contribution in [0.1, 0.15) is 22.5 Å². The summed E-state index contributed by atoms with van der Waals surface area (Å²) >= 11 is 0. The topological polar surface area (TPSA) is 69.6 Å². The molecule has 0 saturated carbocycles. The van der Waals surface area contributed by atoms with Gasteiger partial charge in [0.05, 0.1) is 6.61 Å². The Labute approximate surface area is 153 Å². The predicted molar refractivity (Wildman–Crippen MR) is 97.3 cm³/mol. The average Bonchev–Trinajstić information content (AvgIpc) is 3.06. The Kier molecular flexibility index (Phi) is 4.70. The van der Waals surface area contributed by atoms with Crippen molar-refractivity contribution >= 4 is 5.91 Å². The van der Waals surface area contributed by atoms with E-state index in [0.717, 1.165) is 26.1 Å². The van der Waals surface area contributed by atoms with Crippen molar-refractivity contribution in [1.82, 2.24) is 20.0 Å². The predicted octanol–water partition coefficient (Wildman–Crippen LogP) is 1.43. The number of amides is 1. The number of nitrogens with zero attached hydrogens (tertiary/aromatic N) is 4. The number of hydrogen-bond acceptors (Lipinski definition) is 5. The van der Waals surface area contributed by atoms with Crippen LogP contribution in [0.25, 0.3) is 0 Å². The lowest BCUT2D eigenvalue weighted by Gasteiger charge is -2.43. The van der Waals surface area contributed by atoms with E-state index >= 15 is 0 Å². The SMILES string of the molecule is O=C(c1cccnn1)N1CC[C@H]2CN(Cc3ccccc3)C[C@@]2(CO)C1. The van der Waals surface area contributed by atoms with Crippen LogP contribution in [-0.4, -0.2) is 63.8 Å². The van der Waals surface area contributed by atoms with E-state index in [1.54, 1.807) is 18.3 Å². The molecule has 2 aliphatic heterocycles. The molecule has 0 bridgehead atoms. The lowest BCUT2D eigenvalue weighted by molar-refractivity contribution is 0.0114. The van der Waals surface area contributed by atoms with Gasteiger partial charge in [-0.2, -0.15) is 5.10 Å². The number of piperidine rings is 1. The number of hydrogen-bond donors (Lipinski definition) is 1. The fourth-order valence-corrected chi connectivity index (χ4v) is 4.43. The Morgan fingerprint density at radius 2 is 2.04 bits per heavy atom. The third kappa shape index (κ3) is 3.22. The highest BCUT2D eigenvalue weighted by atomic mass is 16.3. The van der Waals surface area contributed by atoms with Crippen LogP contribution in [0, 0.1) is 11.3 Å². The molecule has 6 nitrogen and oxygen atoms in total. The maximum absolute atomic E-state index is 12.7. The van der Waals surface area contributed by atoms with Crippen LogP contribution in [0.4, 0.5) is 0 Å². The van der Waals surface area contributed by atoms with Crippen molar-refractivity contribution in [2.45, 2.75) is 13.0 Å². The lowest BCUT2D eigenvalue weighted by atomic mass is 9.74. The maximum Gasteiger partial charge on any atom is 0.274 e. The second-order valence-electron chi connectivity index (χ2n) is 7.50. The Morgan fingerprint density at radius 1 is 1.19 bits per heavy atom. The molecule has 1 aromatic heterocycles. The summed E-state index contributed by atoms with van der Waals surface area (Å²) in [6, 6.07) is 13.8. The van der Waals surface area contributed by atoms with E-state index < -0.39 is 0 Å². The molecule has 2 atom stereocenters. The molecule has 1 amide bonds. The molecule has 26 heavy (non-hydrogen) atoms. The Bertz CT molecular complexity index is 755. The number of fused-ring (bicyclic) bond motifs is 1. The van der Waals surface area contributed by atoms with E-state index in [1.165, 1.54) is 5.56 Å². The highest BCUT2D eigenvalue weighted by Crippen LogP contribution is 2.42. The fourth-order valence-electron chi connectivity index (χ4n) is 4.43. The van der Waals surface area contributed by atoms with Gasteiger partial charge in [0.25, 0.3) is 5.91 Å². The highest BCUT2D eigenvalue weighted by molar-refractivity contribution is 5.92. The third-order valence-electron chi connectivity index (χ3n) is 5.78. The molecular weight excluding hydrogens is 328 g/mol. The lowest BCUT2D eigenvalue weighted by Crippen LogP contribution is -2.52. The standard InChI is InChI=1S/C20H24N4O2/c25-15-20-13-23(11-16-5-2-1-3-6-16)12-17(20)8-10-24(14-20)19(26)18-7-4-9-21-22-18/h1-7,9,17,25H,8,10-15H2/t17-,20-/m0/s1. The molecule has 1 aromatic carbocycles. The summed E-state index contributed by atoms with van der Waals surface area (Å²) in [5.41, 5.74) is 1.41. The van der Waals surface area contributed by atoms with Gasteiger partial charge < -0.3 is 10.0 Å². The van der Waals surface area contributed by atoms with E-state index in [4.69, 9.17) is 0 Å². The summed E-state index contributed by atoms with van der Waals surface area (Å²) in [7, 11) is 0. The van der Waals surface area contributed by atoms with Crippen molar-refractivity contribution < 1.29 is 9.90 Å². The first-order valence-corrected chi connectivity index (χ1v) is 9.14. The summed E-state index contributed by atoms with van der Waals surface area (Å²) in [6.07, 6.45) is 2.48. The molecule has 4 rings (SSSR count). The molecule has 0 unspecified atom stereocenters. The molecule has 3 heterocycles. The van der Waals surface area contributed by atoms with Gasteiger partial charge in [-0.15, -0.1) is 5.10 Å². The number of aromatic nitrogens is 2. The van der Waals surface area contributed by atoms with E-state index in [0.29, 0.717) is 24.7 Å². The second kappa shape index (κ2) is 7.13. The molecule has 0 spiro atoms. The van der Waals surface area contributed by atoms with Crippen molar-refractivity contribution in [3.8, 4) is 0 Å². The molecule has 0 aliphatic carbocycles. The molecule has 0 radical (unpaired) electrons. The van der Waals surface area contributed by atoms with Crippen LogP contribution in [0.5, 0.6) is 0 Å². The van der Waals surface area contributed by atoms with Gasteiger partial charge in [0.1, 0.15) is 0 Å². The minimum atomic E-state index is -0.245. The van der Waals surface area contributed by atoms with E-state index in [-0.39, 0.29) is 17.9 Å². The zero-order valence-corrected chi connectivity index (χ0v) is 14.8. The van der Waals surface area contributed by atoms with Gasteiger partial charge in [-0.3, -0.25) is 9.69 Å². The molecular formula is C20H24N4O2. The number of benzene rings is 1. The van der Waals surface area contributed by atoms with Crippen LogP contribution in [0.2, 0.25) is 0 Å². The van der Waals surface area contributed by atoms with Crippen molar-refractivity contribution in [2.75, 3.05) is 32.8 Å². The molecule has 2 saturated heterocycles. The normalized spacial score (nSPS) is 25.9. The number of aliphatic hydroxyl groups is 1. The number of aliphatic hydroxyl groups excluding tert-OH is 1. The van der Waals surface area contributed by atoms with E-state index in [2.05, 4.69) is 39.4 Å². The van der Waals surface area contributed by atoms with Crippen molar-refractivity contribution in [3.63, 3.8) is 0 Å². The fraction of sp³-hybridized carbons (Fsp3) is 0.450. The van der Waals surface area contributed by atoms with Gasteiger partial charge in [-0.05, 0) is 30.0 Å². The van der Waals surface area contributed by atoms with Crippen LogP contribution in [0.3, 0.4) is 0 Å². The smallest absolute Gasteiger partial charge is 0.274 e. The van der Waals surface area contributed by atoms with Crippen molar-refractivity contribution in [3.05, 3.63) is 59.9 Å². The van der Waals surface area contributed by atoms with Gasteiger partial charge >= 0.3 is 0 Å². The quantitative estimate of drug-likeness (QED) is 0.902. The number of carbonyl (C=O) groups excluding carboxylic acids is 1. The van der Waals surface area contributed by atoms with E-state index in [1.807, 2.05) is 11.0 Å². The first kappa shape index (κ1) is 17.1. The summed E-state index contributed by atoms with van der Waals surface area (Å²) in [4.78, 5) is 17.0. The van der Waals surface area contributed by atoms with Gasteiger partial charge in [-0.1, -0.05) is 30.3 Å². The zero-order chi connectivity index (χ0) is 18.0. The van der Waals surface area contributed by atoms with Gasteiger partial charge in [0.15, 0.2) is 5.69 Å². The summed E-state index contributed by atoms with van der Waals surface area (Å²) in [5.74, 6) is 0.327. The largest absolute Gasteiger partial charge is 0.396 e. The summed E-state index contributed by atoms with van der Waals surface area (Å²) < 4.78 is 0. The van der Waals surface area contributed by atoms with Crippen LogP contribution in [-0.2, 0) is 6.54 Å². The molecule has 2 fully saturated rings. The first-order valence-electron chi connectivity index (χ1n) is 9.14. The number of rotatable bonds is 4. The van der Waals surface area contributed by atoms with Gasteiger partial charge in [0.2, 0.25) is 0 Å². The van der Waals surface area contributed by atoms with Gasteiger partial charge in [-0.25, -0.2) is 0 Å². The average molecular weight is 352 g/mol. The first-order chi connectivity index (χ1) is 12.7. The molecule has 6 heteroatoms. The Hall–Kier alpha value is -2.31. The summed E-state index contributed by atoms with van der Waals surface area (Å²) in [6.45, 7) is 4.07. The molecule has 136 valence electrons. The molecule has 2 aromatic rings. The third-order valence-corrected chi connectivity index (χ3v) is 5.78. The second-order valence-corrected chi connectivity index (χ2v) is 7.50. The van der Waals surface area contributed by atoms with Crippen LogP contribution >= 0.6 is 0 Å². The van der Waals surface area contributed by atoms with Crippen molar-refractivity contribution in [1.29, 1.82) is 0 Å². The Balaban J connectivity index is 1.48. The van der Waals surface area contributed by atoms with E-state index in [9.17, 15) is 9.90 Å². The number of likely N-dealkylation sites (tertiary alicyclic amines) is 2. The minimum absolute atomic E-state index is 0.0918. The maximum atomic E-state index is 12.7. The molecule has 1 N–H and O–H groups in total. The van der Waals surface area contributed by atoms with Crippen molar-refractivity contribution in [2.24, 2.45) is 11.3 Å².